The van der Waals surface area contributed by atoms with E-state index in [1.165, 1.54) is 66.1 Å². The van der Waals surface area contributed by atoms with Gasteiger partial charge in [-0.3, -0.25) is 0 Å². The molecule has 0 spiro atoms. The van der Waals surface area contributed by atoms with Gasteiger partial charge in [-0.1, -0.05) is 184 Å². The van der Waals surface area contributed by atoms with E-state index in [2.05, 4.69) is 231 Å². The van der Waals surface area contributed by atoms with Crippen molar-refractivity contribution in [2.75, 3.05) is 4.90 Å². The lowest BCUT2D eigenvalue weighted by molar-refractivity contribution is 0.662. The normalized spacial score (nSPS) is 12.9. The van der Waals surface area contributed by atoms with Crippen LogP contribution >= 0.6 is 0 Å². The van der Waals surface area contributed by atoms with Crippen molar-refractivity contribution in [2.45, 2.75) is 19.3 Å². The van der Waals surface area contributed by atoms with Crippen LogP contribution in [0, 0.1) is 0 Å². The van der Waals surface area contributed by atoms with Crippen molar-refractivity contribution in [3.8, 4) is 44.5 Å². The van der Waals surface area contributed by atoms with E-state index in [-0.39, 0.29) is 5.41 Å². The molecule has 0 bridgehead atoms. The molecule has 11 aromatic rings. The predicted octanol–water partition coefficient (Wildman–Crippen LogP) is 16.7. The standard InChI is InChI=1S/C59H41NO/c1-59(2)54-29-9-7-22-48(54)50-26-13-25-47(57(50)59)39-31-33-43(34-32-39)60(44-20-11-19-42(35-44)46-24-12-18-38-15-5-6-21-45(38)46)55-30-10-8-23-49(55)51-27-14-28-52-53-36-40-16-3-4-17-41(40)37-56(53)61-58(51)52/h3-37H,1-2H3. The second kappa shape index (κ2) is 13.7. The molecule has 2 nitrogen and oxygen atoms in total. The first-order chi connectivity index (χ1) is 30.0. The van der Waals surface area contributed by atoms with Crippen LogP contribution < -0.4 is 4.90 Å². The summed E-state index contributed by atoms with van der Waals surface area (Å²) >= 11 is 0. The fourth-order valence-electron chi connectivity index (χ4n) is 10.2. The van der Waals surface area contributed by atoms with Crippen LogP contribution in [0.25, 0.3) is 88.0 Å². The summed E-state index contributed by atoms with van der Waals surface area (Å²) in [6, 6.07) is 77.3. The summed E-state index contributed by atoms with van der Waals surface area (Å²) in [6.45, 7) is 4.73. The van der Waals surface area contributed by atoms with Gasteiger partial charge in [0.2, 0.25) is 0 Å². The minimum atomic E-state index is -0.112. The van der Waals surface area contributed by atoms with Crippen LogP contribution in [0.15, 0.2) is 217 Å². The molecule has 0 N–H and O–H groups in total. The largest absolute Gasteiger partial charge is 0.455 e. The van der Waals surface area contributed by atoms with Crippen molar-refractivity contribution in [1.82, 2.24) is 0 Å². The monoisotopic (exact) mass is 779 g/mol. The Kier molecular flexibility index (Phi) is 7.92. The zero-order valence-corrected chi connectivity index (χ0v) is 34.1. The van der Waals surface area contributed by atoms with Crippen molar-refractivity contribution in [1.29, 1.82) is 0 Å². The maximum atomic E-state index is 6.83. The molecule has 1 aliphatic rings. The minimum Gasteiger partial charge on any atom is -0.455 e. The predicted molar refractivity (Wildman–Crippen MR) is 257 cm³/mol. The molecule has 0 amide bonds. The molecule has 1 aromatic heterocycles. The highest BCUT2D eigenvalue weighted by atomic mass is 16.3. The van der Waals surface area contributed by atoms with Crippen molar-refractivity contribution in [3.05, 3.63) is 223 Å². The number of benzene rings is 10. The van der Waals surface area contributed by atoms with Crippen LogP contribution in [0.2, 0.25) is 0 Å². The lowest BCUT2D eigenvalue weighted by Gasteiger charge is -2.29. The van der Waals surface area contributed by atoms with Crippen molar-refractivity contribution >= 4 is 60.5 Å². The first-order valence-electron chi connectivity index (χ1n) is 21.2. The van der Waals surface area contributed by atoms with Crippen LogP contribution in [-0.4, -0.2) is 0 Å². The quantitative estimate of drug-likeness (QED) is 0.167. The molecule has 288 valence electrons. The molecule has 0 atom stereocenters. The summed E-state index contributed by atoms with van der Waals surface area (Å²) in [6.07, 6.45) is 0. The van der Waals surface area contributed by atoms with Gasteiger partial charge in [0.25, 0.3) is 0 Å². The molecule has 2 heteroatoms. The van der Waals surface area contributed by atoms with Crippen LogP contribution in [0.1, 0.15) is 25.0 Å². The van der Waals surface area contributed by atoms with E-state index in [0.717, 1.165) is 50.1 Å². The highest BCUT2D eigenvalue weighted by Gasteiger charge is 2.37. The molecule has 1 aliphatic carbocycles. The fourth-order valence-corrected chi connectivity index (χ4v) is 10.2. The van der Waals surface area contributed by atoms with Crippen LogP contribution in [0.4, 0.5) is 17.1 Å². The Balaban J connectivity index is 1.04. The van der Waals surface area contributed by atoms with E-state index in [4.69, 9.17) is 4.42 Å². The van der Waals surface area contributed by atoms with Crippen LogP contribution in [0.5, 0.6) is 0 Å². The van der Waals surface area contributed by atoms with Crippen molar-refractivity contribution in [3.63, 3.8) is 0 Å². The summed E-state index contributed by atoms with van der Waals surface area (Å²) in [5, 5.41) is 7.09. The van der Waals surface area contributed by atoms with E-state index in [0.29, 0.717) is 0 Å². The SMILES string of the molecule is CC1(C)c2ccccc2-c2cccc(-c3ccc(N(c4cccc(-c5cccc6ccccc56)c4)c4ccccc4-c4cccc5c4oc4cc6ccccc6cc45)cc3)c21. The summed E-state index contributed by atoms with van der Waals surface area (Å²) in [5.74, 6) is 0. The highest BCUT2D eigenvalue weighted by molar-refractivity contribution is 6.14. The minimum absolute atomic E-state index is 0.112. The average molecular weight is 780 g/mol. The van der Waals surface area contributed by atoms with Gasteiger partial charge < -0.3 is 9.32 Å². The molecule has 0 unspecified atom stereocenters. The second-order valence-corrected chi connectivity index (χ2v) is 16.9. The Morgan fingerprint density at radius 2 is 0.984 bits per heavy atom. The van der Waals surface area contributed by atoms with Crippen LogP contribution in [-0.2, 0) is 5.41 Å². The Morgan fingerprint density at radius 1 is 0.377 bits per heavy atom. The van der Waals surface area contributed by atoms with E-state index >= 15 is 0 Å². The maximum Gasteiger partial charge on any atom is 0.143 e. The third-order valence-corrected chi connectivity index (χ3v) is 13.0. The first-order valence-corrected chi connectivity index (χ1v) is 21.2. The summed E-state index contributed by atoms with van der Waals surface area (Å²) in [7, 11) is 0. The number of fused-ring (bicyclic) bond motifs is 8. The molecule has 10 aromatic carbocycles. The third kappa shape index (κ3) is 5.56. The summed E-state index contributed by atoms with van der Waals surface area (Å²) in [4.78, 5) is 2.42. The zero-order chi connectivity index (χ0) is 40.7. The van der Waals surface area contributed by atoms with Gasteiger partial charge in [-0.15, -0.1) is 0 Å². The van der Waals surface area contributed by atoms with Gasteiger partial charge in [-0.2, -0.15) is 0 Å². The average Bonchev–Trinajstić information content (AvgIpc) is 3.79. The number of hydrogen-bond donors (Lipinski definition) is 0. The molecule has 0 radical (unpaired) electrons. The highest BCUT2D eigenvalue weighted by Crippen LogP contribution is 2.52. The van der Waals surface area contributed by atoms with Gasteiger partial charge in [0.05, 0.1) is 5.69 Å². The topological polar surface area (TPSA) is 16.4 Å². The Hall–Kier alpha value is -7.68. The van der Waals surface area contributed by atoms with Gasteiger partial charge in [0, 0.05) is 38.7 Å². The molecule has 0 fully saturated rings. The van der Waals surface area contributed by atoms with Crippen molar-refractivity contribution < 1.29 is 4.42 Å². The molecule has 1 heterocycles. The van der Waals surface area contributed by atoms with Gasteiger partial charge in [-0.05, 0) is 109 Å². The maximum absolute atomic E-state index is 6.83. The van der Waals surface area contributed by atoms with Gasteiger partial charge in [0.1, 0.15) is 11.2 Å². The number of hydrogen-bond acceptors (Lipinski definition) is 2. The van der Waals surface area contributed by atoms with E-state index < -0.39 is 0 Å². The lowest BCUT2D eigenvalue weighted by atomic mass is 9.79. The van der Waals surface area contributed by atoms with E-state index in [9.17, 15) is 0 Å². The molecular formula is C59H41NO. The summed E-state index contributed by atoms with van der Waals surface area (Å²) < 4.78 is 6.83. The zero-order valence-electron chi connectivity index (χ0n) is 34.1. The molecule has 0 saturated carbocycles. The van der Waals surface area contributed by atoms with E-state index in [1.807, 2.05) is 0 Å². The number of furan rings is 1. The molecule has 0 aliphatic heterocycles. The fraction of sp³-hybridized carbons (Fsp3) is 0.0508. The number of nitrogens with zero attached hydrogens (tertiary/aromatic N) is 1. The molecule has 61 heavy (non-hydrogen) atoms. The number of para-hydroxylation sites is 2. The van der Waals surface area contributed by atoms with Gasteiger partial charge in [0.15, 0.2) is 0 Å². The third-order valence-electron chi connectivity index (χ3n) is 13.0. The molecule has 12 rings (SSSR count). The smallest absolute Gasteiger partial charge is 0.143 e. The Labute approximate surface area is 355 Å². The van der Waals surface area contributed by atoms with Crippen molar-refractivity contribution in [2.24, 2.45) is 0 Å². The Bertz CT molecular complexity index is 3510. The number of rotatable bonds is 6. The lowest BCUT2D eigenvalue weighted by Crippen LogP contribution is -2.16. The van der Waals surface area contributed by atoms with Gasteiger partial charge >= 0.3 is 0 Å². The number of anilines is 3. The van der Waals surface area contributed by atoms with Gasteiger partial charge in [-0.25, -0.2) is 0 Å². The molecular weight excluding hydrogens is 739 g/mol. The van der Waals surface area contributed by atoms with E-state index in [1.54, 1.807) is 0 Å². The molecule has 0 saturated heterocycles. The Morgan fingerprint density at radius 3 is 1.85 bits per heavy atom. The first kappa shape index (κ1) is 35.3. The second-order valence-electron chi connectivity index (χ2n) is 16.9. The summed E-state index contributed by atoms with van der Waals surface area (Å²) in [5.41, 5.74) is 17.3. The van der Waals surface area contributed by atoms with Crippen LogP contribution in [0.3, 0.4) is 0 Å².